The van der Waals surface area contributed by atoms with Crippen LogP contribution >= 0.6 is 0 Å². The number of nitrogens with zero attached hydrogens (tertiary/aromatic N) is 1. The number of likely N-dealkylation sites (tertiary alicyclic amines) is 1. The number of hydrogen-bond acceptors (Lipinski definition) is 1. The summed E-state index contributed by atoms with van der Waals surface area (Å²) >= 11 is 0. The molecule has 0 amide bonds. The van der Waals surface area contributed by atoms with Gasteiger partial charge in [0, 0.05) is 18.8 Å². The first kappa shape index (κ1) is 10.6. The Morgan fingerprint density at radius 2 is 1.92 bits per heavy atom. The first-order valence-corrected chi connectivity index (χ1v) is 5.76. The summed E-state index contributed by atoms with van der Waals surface area (Å²) in [7, 11) is 0. The summed E-state index contributed by atoms with van der Waals surface area (Å²) in [6.07, 6.45) is 10.5. The summed E-state index contributed by atoms with van der Waals surface area (Å²) in [5.74, 6) is 0. The van der Waals surface area contributed by atoms with Gasteiger partial charge < -0.3 is 4.90 Å². The molecular formula is C12H23N. The van der Waals surface area contributed by atoms with Crippen molar-refractivity contribution in [2.75, 3.05) is 13.1 Å². The number of piperidine rings is 1. The van der Waals surface area contributed by atoms with Crippen molar-refractivity contribution in [1.29, 1.82) is 0 Å². The molecule has 0 atom stereocenters. The molecule has 1 heterocycles. The molecule has 1 saturated heterocycles. The summed E-state index contributed by atoms with van der Waals surface area (Å²) in [4.78, 5) is 2.54. The molecular weight excluding hydrogens is 158 g/mol. The molecule has 1 rings (SSSR count). The molecule has 0 bridgehead atoms. The van der Waals surface area contributed by atoms with Crippen molar-refractivity contribution >= 4 is 0 Å². The van der Waals surface area contributed by atoms with Crippen LogP contribution in [-0.4, -0.2) is 18.0 Å². The Morgan fingerprint density at radius 3 is 2.54 bits per heavy atom. The highest BCUT2D eigenvalue weighted by Crippen LogP contribution is 2.14. The Morgan fingerprint density at radius 1 is 1.23 bits per heavy atom. The van der Waals surface area contributed by atoms with E-state index in [0.29, 0.717) is 0 Å². The molecule has 0 spiro atoms. The van der Waals surface area contributed by atoms with E-state index in [1.54, 1.807) is 0 Å². The van der Waals surface area contributed by atoms with Crippen molar-refractivity contribution in [3.05, 3.63) is 11.8 Å². The van der Waals surface area contributed by atoms with Gasteiger partial charge in [-0.05, 0) is 32.6 Å². The largest absolute Gasteiger partial charge is 0.375 e. The third-order valence-corrected chi connectivity index (χ3v) is 2.85. The molecule has 13 heavy (non-hydrogen) atoms. The zero-order chi connectivity index (χ0) is 9.52. The van der Waals surface area contributed by atoms with Crippen molar-refractivity contribution in [2.45, 2.75) is 52.4 Å². The highest BCUT2D eigenvalue weighted by Gasteiger charge is 2.08. The molecule has 1 aliphatic rings. The molecule has 1 fully saturated rings. The van der Waals surface area contributed by atoms with Crippen molar-refractivity contribution in [1.82, 2.24) is 4.90 Å². The van der Waals surface area contributed by atoms with Crippen molar-refractivity contribution in [3.8, 4) is 0 Å². The number of unbranched alkanes of at least 4 members (excludes halogenated alkanes) is 2. The fourth-order valence-corrected chi connectivity index (χ4v) is 1.89. The molecule has 0 aliphatic carbocycles. The third kappa shape index (κ3) is 3.84. The first-order chi connectivity index (χ1) is 6.34. The maximum absolute atomic E-state index is 2.54. The van der Waals surface area contributed by atoms with Crippen molar-refractivity contribution < 1.29 is 0 Å². The maximum Gasteiger partial charge on any atom is 0.0174 e. The molecule has 1 nitrogen and oxygen atoms in total. The lowest BCUT2D eigenvalue weighted by Crippen LogP contribution is -2.27. The number of allylic oxidation sites excluding steroid dienone is 2. The minimum Gasteiger partial charge on any atom is -0.375 e. The van der Waals surface area contributed by atoms with Gasteiger partial charge in [0.15, 0.2) is 0 Å². The minimum atomic E-state index is 1.26. The van der Waals surface area contributed by atoms with Crippen LogP contribution in [0.25, 0.3) is 0 Å². The Labute approximate surface area is 82.8 Å². The molecule has 0 radical (unpaired) electrons. The third-order valence-electron chi connectivity index (χ3n) is 2.85. The van der Waals surface area contributed by atoms with Gasteiger partial charge in [0.1, 0.15) is 0 Å². The molecule has 0 aromatic rings. The van der Waals surface area contributed by atoms with E-state index in [2.05, 4.69) is 24.8 Å². The second kappa shape index (κ2) is 6.06. The predicted octanol–water partition coefficient (Wildman–Crippen LogP) is 3.57. The highest BCUT2D eigenvalue weighted by molar-refractivity contribution is 4.98. The van der Waals surface area contributed by atoms with Gasteiger partial charge >= 0.3 is 0 Å². The van der Waals surface area contributed by atoms with Crippen LogP contribution in [0.2, 0.25) is 0 Å². The molecule has 0 N–H and O–H groups in total. The first-order valence-electron chi connectivity index (χ1n) is 5.76. The van der Waals surface area contributed by atoms with E-state index < -0.39 is 0 Å². The van der Waals surface area contributed by atoms with Gasteiger partial charge in [0.25, 0.3) is 0 Å². The topological polar surface area (TPSA) is 3.24 Å². The van der Waals surface area contributed by atoms with Gasteiger partial charge in [-0.1, -0.05) is 25.8 Å². The van der Waals surface area contributed by atoms with E-state index in [9.17, 15) is 0 Å². The quantitative estimate of drug-likeness (QED) is 0.599. The van der Waals surface area contributed by atoms with Crippen LogP contribution in [0, 0.1) is 0 Å². The van der Waals surface area contributed by atoms with Crippen molar-refractivity contribution in [3.63, 3.8) is 0 Å². The lowest BCUT2D eigenvalue weighted by atomic mass is 10.1. The molecule has 1 heteroatoms. The Balaban J connectivity index is 2.27. The van der Waals surface area contributed by atoms with Gasteiger partial charge in [0.2, 0.25) is 0 Å². The summed E-state index contributed by atoms with van der Waals surface area (Å²) in [6.45, 7) is 7.09. The lowest BCUT2D eigenvalue weighted by Gasteiger charge is -2.29. The van der Waals surface area contributed by atoms with Crippen molar-refractivity contribution in [2.24, 2.45) is 0 Å². The summed E-state index contributed by atoms with van der Waals surface area (Å²) < 4.78 is 0. The fraction of sp³-hybridized carbons (Fsp3) is 0.833. The number of hydrogen-bond donors (Lipinski definition) is 0. The molecule has 0 unspecified atom stereocenters. The van der Waals surface area contributed by atoms with Crippen LogP contribution in [0.3, 0.4) is 0 Å². The van der Waals surface area contributed by atoms with E-state index in [0.717, 1.165) is 0 Å². The average Bonchev–Trinajstić information content (AvgIpc) is 2.19. The van der Waals surface area contributed by atoms with E-state index in [4.69, 9.17) is 0 Å². The molecule has 0 aromatic heterocycles. The van der Waals surface area contributed by atoms with E-state index in [1.165, 1.54) is 57.3 Å². The summed E-state index contributed by atoms with van der Waals surface area (Å²) in [5.41, 5.74) is 1.51. The van der Waals surface area contributed by atoms with Crippen LogP contribution in [-0.2, 0) is 0 Å². The highest BCUT2D eigenvalue weighted by atomic mass is 15.1. The summed E-state index contributed by atoms with van der Waals surface area (Å²) in [6, 6.07) is 0. The van der Waals surface area contributed by atoms with Crippen LogP contribution in [0.15, 0.2) is 11.8 Å². The van der Waals surface area contributed by atoms with Crippen LogP contribution in [0.5, 0.6) is 0 Å². The monoisotopic (exact) mass is 181 g/mol. The number of rotatable bonds is 4. The molecule has 1 aliphatic heterocycles. The van der Waals surface area contributed by atoms with Crippen LogP contribution in [0.4, 0.5) is 0 Å². The minimum absolute atomic E-state index is 1.26. The van der Waals surface area contributed by atoms with Gasteiger partial charge in [-0.25, -0.2) is 0 Å². The SMILES string of the molecule is CCCCC=C(C)N1CCCCC1. The van der Waals surface area contributed by atoms with Gasteiger partial charge in [-0.3, -0.25) is 0 Å². The van der Waals surface area contributed by atoms with Gasteiger partial charge in [-0.2, -0.15) is 0 Å². The zero-order valence-electron chi connectivity index (χ0n) is 9.18. The zero-order valence-corrected chi connectivity index (χ0v) is 9.18. The molecule has 76 valence electrons. The van der Waals surface area contributed by atoms with Gasteiger partial charge in [0.05, 0.1) is 0 Å². The van der Waals surface area contributed by atoms with Crippen LogP contribution < -0.4 is 0 Å². The second-order valence-corrected chi connectivity index (χ2v) is 4.04. The van der Waals surface area contributed by atoms with E-state index in [1.807, 2.05) is 0 Å². The Kier molecular flexibility index (Phi) is 4.95. The van der Waals surface area contributed by atoms with E-state index in [-0.39, 0.29) is 0 Å². The average molecular weight is 181 g/mol. The second-order valence-electron chi connectivity index (χ2n) is 4.04. The Bertz CT molecular complexity index is 155. The maximum atomic E-state index is 2.54. The normalized spacial score (nSPS) is 19.2. The van der Waals surface area contributed by atoms with Crippen LogP contribution in [0.1, 0.15) is 52.4 Å². The molecule has 0 aromatic carbocycles. The smallest absolute Gasteiger partial charge is 0.0174 e. The molecule has 0 saturated carbocycles. The Hall–Kier alpha value is -0.460. The standard InChI is InChI=1S/C12H23N/c1-3-4-6-9-12(2)13-10-7-5-8-11-13/h9H,3-8,10-11H2,1-2H3. The predicted molar refractivity (Wildman–Crippen MR) is 58.7 cm³/mol. The lowest BCUT2D eigenvalue weighted by molar-refractivity contribution is 0.285. The van der Waals surface area contributed by atoms with Gasteiger partial charge in [-0.15, -0.1) is 0 Å². The fourth-order valence-electron chi connectivity index (χ4n) is 1.89. The summed E-state index contributed by atoms with van der Waals surface area (Å²) in [5, 5.41) is 0. The van der Waals surface area contributed by atoms with E-state index >= 15 is 0 Å².